The summed E-state index contributed by atoms with van der Waals surface area (Å²) in [6, 6.07) is 9.10. The Morgan fingerprint density at radius 3 is 2.29 bits per heavy atom. The first-order valence-corrected chi connectivity index (χ1v) is 10.5. The summed E-state index contributed by atoms with van der Waals surface area (Å²) >= 11 is 0. The van der Waals surface area contributed by atoms with Crippen molar-refractivity contribution in [1.82, 2.24) is 5.32 Å². The molecule has 7 nitrogen and oxygen atoms in total. The normalized spacial score (nSPS) is 12.7. The third kappa shape index (κ3) is 5.97. The summed E-state index contributed by atoms with van der Waals surface area (Å²) in [6.45, 7) is 1.78. The molecule has 31 heavy (non-hydrogen) atoms. The van der Waals surface area contributed by atoms with E-state index in [1.54, 1.807) is 31.2 Å². The molecule has 0 aromatic heterocycles. The summed E-state index contributed by atoms with van der Waals surface area (Å²) in [5.74, 6) is -0.794. The Morgan fingerprint density at radius 2 is 1.74 bits per heavy atom. The molecule has 2 rings (SSSR count). The van der Waals surface area contributed by atoms with Gasteiger partial charge in [0.15, 0.2) is 0 Å². The zero-order valence-electron chi connectivity index (χ0n) is 16.6. The number of alkyl halides is 3. The van der Waals surface area contributed by atoms with Gasteiger partial charge in [-0.2, -0.15) is 13.2 Å². The number of carbonyl (C=O) groups excluding carboxylic acids is 2. The van der Waals surface area contributed by atoms with E-state index in [4.69, 9.17) is 9.47 Å². The van der Waals surface area contributed by atoms with Crippen LogP contribution >= 0.6 is 0 Å². The lowest BCUT2D eigenvalue weighted by molar-refractivity contribution is -0.143. The van der Waals surface area contributed by atoms with Crippen LogP contribution in [0.5, 0.6) is 5.75 Å². The second kappa shape index (κ2) is 9.82. The number of ether oxygens (including phenoxy) is 2. The Labute approximate surface area is 177 Å². The standard InChI is InChI=1S/C20H20F3NO6S/c1-3-30-18(25)12-17(14-5-4-6-15(11-14)29-2)24-19(26)13-7-9-16(10-8-13)31(27,28)20(21,22)23/h4-11,17H,3,12H2,1-2H3,(H,24,26). The third-order valence-corrected chi connectivity index (χ3v) is 5.71. The maximum absolute atomic E-state index is 12.7. The second-order valence-corrected chi connectivity index (χ2v) is 8.23. The van der Waals surface area contributed by atoms with Crippen molar-refractivity contribution in [2.45, 2.75) is 29.8 Å². The van der Waals surface area contributed by atoms with Gasteiger partial charge in [0.2, 0.25) is 0 Å². The van der Waals surface area contributed by atoms with E-state index in [1.807, 2.05) is 0 Å². The monoisotopic (exact) mass is 459 g/mol. The number of amides is 1. The molecule has 1 atom stereocenters. The first-order chi connectivity index (χ1) is 14.5. The van der Waals surface area contributed by atoms with Gasteiger partial charge >= 0.3 is 11.5 Å². The van der Waals surface area contributed by atoms with Crippen molar-refractivity contribution in [3.8, 4) is 5.75 Å². The molecular formula is C20H20F3NO6S. The van der Waals surface area contributed by atoms with Gasteiger partial charge in [-0.05, 0) is 48.9 Å². The summed E-state index contributed by atoms with van der Waals surface area (Å²) in [6.07, 6.45) is -0.201. The zero-order valence-corrected chi connectivity index (χ0v) is 17.4. The number of esters is 1. The number of rotatable bonds is 8. The number of sulfone groups is 1. The number of nitrogens with one attached hydrogen (secondary N) is 1. The van der Waals surface area contributed by atoms with E-state index >= 15 is 0 Å². The van der Waals surface area contributed by atoms with Crippen molar-refractivity contribution >= 4 is 21.7 Å². The number of halogens is 3. The van der Waals surface area contributed by atoms with Crippen molar-refractivity contribution in [2.75, 3.05) is 13.7 Å². The summed E-state index contributed by atoms with van der Waals surface area (Å²) < 4.78 is 71.0. The van der Waals surface area contributed by atoms with Crippen LogP contribution in [-0.4, -0.2) is 39.5 Å². The number of carbonyl (C=O) groups is 2. The molecule has 0 saturated heterocycles. The predicted molar refractivity (Wildman–Crippen MR) is 104 cm³/mol. The molecule has 0 aliphatic rings. The number of hydrogen-bond acceptors (Lipinski definition) is 6. The van der Waals surface area contributed by atoms with Crippen LogP contribution in [0.3, 0.4) is 0 Å². The maximum Gasteiger partial charge on any atom is 0.501 e. The maximum atomic E-state index is 12.7. The van der Waals surface area contributed by atoms with E-state index in [1.165, 1.54) is 7.11 Å². The van der Waals surface area contributed by atoms with E-state index in [0.717, 1.165) is 12.1 Å². The van der Waals surface area contributed by atoms with Crippen LogP contribution in [-0.2, 0) is 19.4 Å². The van der Waals surface area contributed by atoms with Crippen LogP contribution in [0, 0.1) is 0 Å². The number of methoxy groups -OCH3 is 1. The Bertz CT molecular complexity index is 1040. The molecule has 0 saturated carbocycles. The first kappa shape index (κ1) is 24.2. The van der Waals surface area contributed by atoms with Crippen LogP contribution < -0.4 is 10.1 Å². The van der Waals surface area contributed by atoms with Gasteiger partial charge in [-0.25, -0.2) is 8.42 Å². The molecular weight excluding hydrogens is 439 g/mol. The molecule has 0 spiro atoms. The average Bonchev–Trinajstić information content (AvgIpc) is 2.72. The molecule has 0 heterocycles. The van der Waals surface area contributed by atoms with Crippen molar-refractivity contribution in [3.63, 3.8) is 0 Å². The quantitative estimate of drug-likeness (QED) is 0.608. The summed E-state index contributed by atoms with van der Waals surface area (Å²) in [4.78, 5) is 23.6. The van der Waals surface area contributed by atoms with Gasteiger partial charge in [-0.3, -0.25) is 9.59 Å². The smallest absolute Gasteiger partial charge is 0.497 e. The van der Waals surface area contributed by atoms with Crippen molar-refractivity contribution in [3.05, 3.63) is 59.7 Å². The van der Waals surface area contributed by atoms with E-state index in [2.05, 4.69) is 5.32 Å². The molecule has 2 aromatic rings. The van der Waals surface area contributed by atoms with Crippen LogP contribution in [0.2, 0.25) is 0 Å². The van der Waals surface area contributed by atoms with Gasteiger partial charge in [0, 0.05) is 5.56 Å². The van der Waals surface area contributed by atoms with Gasteiger partial charge in [-0.15, -0.1) is 0 Å². The fraction of sp³-hybridized carbons (Fsp3) is 0.300. The van der Waals surface area contributed by atoms with Crippen molar-refractivity contribution < 1.29 is 40.7 Å². The fourth-order valence-electron chi connectivity index (χ4n) is 2.66. The lowest BCUT2D eigenvalue weighted by atomic mass is 10.0. The van der Waals surface area contributed by atoms with Gasteiger partial charge < -0.3 is 14.8 Å². The molecule has 0 bridgehead atoms. The van der Waals surface area contributed by atoms with E-state index in [9.17, 15) is 31.2 Å². The lowest BCUT2D eigenvalue weighted by Crippen LogP contribution is -2.30. The zero-order chi connectivity index (χ0) is 23.2. The summed E-state index contributed by atoms with van der Waals surface area (Å²) in [5, 5.41) is 2.61. The topological polar surface area (TPSA) is 98.8 Å². The van der Waals surface area contributed by atoms with E-state index in [-0.39, 0.29) is 18.6 Å². The minimum absolute atomic E-state index is 0.0853. The molecule has 11 heteroatoms. The molecule has 1 N–H and O–H groups in total. The highest BCUT2D eigenvalue weighted by Crippen LogP contribution is 2.30. The molecule has 0 radical (unpaired) electrons. The molecule has 0 fully saturated rings. The van der Waals surface area contributed by atoms with Gasteiger partial charge in [-0.1, -0.05) is 12.1 Å². The molecule has 1 amide bonds. The largest absolute Gasteiger partial charge is 0.501 e. The van der Waals surface area contributed by atoms with Crippen molar-refractivity contribution in [1.29, 1.82) is 0 Å². The third-order valence-electron chi connectivity index (χ3n) is 4.21. The van der Waals surface area contributed by atoms with Crippen molar-refractivity contribution in [2.24, 2.45) is 0 Å². The lowest BCUT2D eigenvalue weighted by Gasteiger charge is -2.19. The van der Waals surface area contributed by atoms with Crippen LogP contribution in [0.25, 0.3) is 0 Å². The summed E-state index contributed by atoms with van der Waals surface area (Å²) in [7, 11) is -4.07. The molecule has 168 valence electrons. The minimum atomic E-state index is -5.52. The Hall–Kier alpha value is -3.08. The Kier molecular flexibility index (Phi) is 7.66. The van der Waals surface area contributed by atoms with Crippen LogP contribution in [0.15, 0.2) is 53.4 Å². The highest BCUT2D eigenvalue weighted by Gasteiger charge is 2.46. The van der Waals surface area contributed by atoms with E-state index < -0.39 is 38.2 Å². The average molecular weight is 459 g/mol. The van der Waals surface area contributed by atoms with Crippen LogP contribution in [0.4, 0.5) is 13.2 Å². The Balaban J connectivity index is 2.27. The number of hydrogen-bond donors (Lipinski definition) is 1. The second-order valence-electron chi connectivity index (χ2n) is 6.29. The molecule has 1 unspecified atom stereocenters. The van der Waals surface area contributed by atoms with Crippen LogP contribution in [0.1, 0.15) is 35.3 Å². The van der Waals surface area contributed by atoms with Gasteiger partial charge in [0.1, 0.15) is 5.75 Å². The highest BCUT2D eigenvalue weighted by atomic mass is 32.2. The molecule has 2 aromatic carbocycles. The highest BCUT2D eigenvalue weighted by molar-refractivity contribution is 7.92. The predicted octanol–water partition coefficient (Wildman–Crippen LogP) is 3.41. The SMILES string of the molecule is CCOC(=O)CC(NC(=O)c1ccc(S(=O)(=O)C(F)(F)F)cc1)c1cccc(OC)c1. The summed E-state index contributed by atoms with van der Waals surface area (Å²) in [5.41, 5.74) is -5.00. The minimum Gasteiger partial charge on any atom is -0.497 e. The fourth-order valence-corrected chi connectivity index (χ4v) is 3.42. The van der Waals surface area contributed by atoms with Gasteiger partial charge in [0.25, 0.3) is 15.7 Å². The van der Waals surface area contributed by atoms with Gasteiger partial charge in [0.05, 0.1) is 31.1 Å². The number of benzene rings is 2. The first-order valence-electron chi connectivity index (χ1n) is 9.01. The Morgan fingerprint density at radius 1 is 1.10 bits per heavy atom. The van der Waals surface area contributed by atoms with E-state index in [0.29, 0.717) is 23.4 Å². The molecule has 0 aliphatic carbocycles. The molecule has 0 aliphatic heterocycles.